The molecule has 0 heterocycles. The Morgan fingerprint density at radius 2 is 1.86 bits per heavy atom. The second-order valence-electron chi connectivity index (χ2n) is 6.12. The predicted octanol–water partition coefficient (Wildman–Crippen LogP) is 3.17. The van der Waals surface area contributed by atoms with E-state index in [9.17, 15) is 8.42 Å². The molecule has 0 amide bonds. The van der Waals surface area contributed by atoms with Crippen molar-refractivity contribution in [3.05, 3.63) is 23.8 Å². The lowest BCUT2D eigenvalue weighted by Gasteiger charge is -2.33. The van der Waals surface area contributed by atoms with Gasteiger partial charge in [0.2, 0.25) is 10.0 Å². The Kier molecular flexibility index (Phi) is 4.94. The summed E-state index contributed by atoms with van der Waals surface area (Å²) in [5.74, 6) is 0.757. The second kappa shape index (κ2) is 6.36. The molecule has 0 aromatic heterocycles. The van der Waals surface area contributed by atoms with Crippen LogP contribution in [0.25, 0.3) is 0 Å². The smallest absolute Gasteiger partial charge is 0.243 e. The number of hydrogen-bond acceptors (Lipinski definition) is 3. The average molecular weight is 310 g/mol. The predicted molar refractivity (Wildman–Crippen MR) is 86.6 cm³/mol. The third-order valence-corrected chi connectivity index (χ3v) is 6.74. The molecule has 118 valence electrons. The van der Waals surface area contributed by atoms with Crippen molar-refractivity contribution in [2.24, 2.45) is 5.92 Å². The molecular weight excluding hydrogens is 284 g/mol. The van der Waals surface area contributed by atoms with Crippen LogP contribution in [0.5, 0.6) is 0 Å². The molecule has 4 nitrogen and oxygen atoms in total. The lowest BCUT2D eigenvalue weighted by atomic mass is 9.85. The van der Waals surface area contributed by atoms with E-state index < -0.39 is 10.0 Å². The SMILES string of the molecule is CCC1CCC(N(C)S(=O)(=O)c2ccc(C)c(N)c2)CC1. The van der Waals surface area contributed by atoms with Crippen LogP contribution in [0.4, 0.5) is 5.69 Å². The van der Waals surface area contributed by atoms with E-state index in [2.05, 4.69) is 6.92 Å². The maximum Gasteiger partial charge on any atom is 0.243 e. The molecule has 1 fully saturated rings. The maximum atomic E-state index is 12.7. The number of nitrogens with zero attached hydrogens (tertiary/aromatic N) is 1. The highest BCUT2D eigenvalue weighted by Gasteiger charge is 2.31. The molecule has 0 bridgehead atoms. The van der Waals surface area contributed by atoms with Crippen LogP contribution in [0.15, 0.2) is 23.1 Å². The standard InChI is InChI=1S/C16H26N2O2S/c1-4-13-6-8-14(9-7-13)18(3)21(19,20)15-10-5-12(2)16(17)11-15/h5,10-11,13-14H,4,6-9,17H2,1-3H3. The van der Waals surface area contributed by atoms with E-state index in [1.54, 1.807) is 29.6 Å². The molecule has 1 saturated carbocycles. The van der Waals surface area contributed by atoms with Gasteiger partial charge in [0.1, 0.15) is 0 Å². The van der Waals surface area contributed by atoms with E-state index in [-0.39, 0.29) is 6.04 Å². The Labute approximate surface area is 128 Å². The number of nitrogen functional groups attached to an aromatic ring is 1. The van der Waals surface area contributed by atoms with Gasteiger partial charge in [0.15, 0.2) is 0 Å². The number of anilines is 1. The molecule has 0 saturated heterocycles. The van der Waals surface area contributed by atoms with Crippen molar-refractivity contribution in [2.45, 2.75) is 56.9 Å². The van der Waals surface area contributed by atoms with Crippen LogP contribution in [0.3, 0.4) is 0 Å². The summed E-state index contributed by atoms with van der Waals surface area (Å²) in [5, 5.41) is 0. The van der Waals surface area contributed by atoms with Crippen LogP contribution in [0.1, 0.15) is 44.6 Å². The Bertz CT molecular complexity index is 590. The van der Waals surface area contributed by atoms with Gasteiger partial charge in [-0.2, -0.15) is 4.31 Å². The molecule has 2 N–H and O–H groups in total. The van der Waals surface area contributed by atoms with E-state index in [0.29, 0.717) is 10.6 Å². The van der Waals surface area contributed by atoms with Gasteiger partial charge >= 0.3 is 0 Å². The molecule has 0 radical (unpaired) electrons. The summed E-state index contributed by atoms with van der Waals surface area (Å²) >= 11 is 0. The normalized spacial score (nSPS) is 23.4. The molecular formula is C16H26N2O2S. The summed E-state index contributed by atoms with van der Waals surface area (Å²) in [5.41, 5.74) is 7.28. The molecule has 1 aromatic rings. The lowest BCUT2D eigenvalue weighted by molar-refractivity contribution is 0.233. The van der Waals surface area contributed by atoms with Gasteiger partial charge in [-0.15, -0.1) is 0 Å². The zero-order valence-corrected chi connectivity index (χ0v) is 14.0. The molecule has 1 aromatic carbocycles. The molecule has 1 aliphatic carbocycles. The molecule has 2 rings (SSSR count). The van der Waals surface area contributed by atoms with E-state index in [4.69, 9.17) is 5.73 Å². The Morgan fingerprint density at radius 3 is 2.38 bits per heavy atom. The lowest BCUT2D eigenvalue weighted by Crippen LogP contribution is -2.39. The summed E-state index contributed by atoms with van der Waals surface area (Å²) in [6, 6.07) is 5.10. The third-order valence-electron chi connectivity index (χ3n) is 4.84. The van der Waals surface area contributed by atoms with Crippen molar-refractivity contribution >= 4 is 15.7 Å². The van der Waals surface area contributed by atoms with Crippen molar-refractivity contribution < 1.29 is 8.42 Å². The number of hydrogen-bond donors (Lipinski definition) is 1. The Hall–Kier alpha value is -1.07. The largest absolute Gasteiger partial charge is 0.398 e. The Morgan fingerprint density at radius 1 is 1.24 bits per heavy atom. The van der Waals surface area contributed by atoms with Crippen molar-refractivity contribution in [2.75, 3.05) is 12.8 Å². The number of rotatable bonds is 4. The van der Waals surface area contributed by atoms with Crippen LogP contribution in [-0.2, 0) is 10.0 Å². The first-order valence-electron chi connectivity index (χ1n) is 7.70. The summed E-state index contributed by atoms with van der Waals surface area (Å²) < 4.78 is 27.0. The first-order valence-corrected chi connectivity index (χ1v) is 9.14. The van der Waals surface area contributed by atoms with Gasteiger partial charge in [-0.05, 0) is 56.2 Å². The minimum Gasteiger partial charge on any atom is -0.398 e. The summed E-state index contributed by atoms with van der Waals surface area (Å²) in [7, 11) is -1.75. The van der Waals surface area contributed by atoms with Gasteiger partial charge < -0.3 is 5.73 Å². The van der Waals surface area contributed by atoms with Crippen molar-refractivity contribution in [1.29, 1.82) is 0 Å². The van der Waals surface area contributed by atoms with E-state index in [0.717, 1.165) is 37.2 Å². The van der Waals surface area contributed by atoms with Crippen LogP contribution >= 0.6 is 0 Å². The fourth-order valence-corrected chi connectivity index (χ4v) is 4.51. The van der Waals surface area contributed by atoms with Crippen LogP contribution in [0, 0.1) is 12.8 Å². The van der Waals surface area contributed by atoms with Gasteiger partial charge in [0.25, 0.3) is 0 Å². The van der Waals surface area contributed by atoms with Crippen LogP contribution in [-0.4, -0.2) is 25.8 Å². The quantitative estimate of drug-likeness (QED) is 0.869. The molecule has 0 atom stereocenters. The number of sulfonamides is 1. The Balaban J connectivity index is 2.17. The maximum absolute atomic E-state index is 12.7. The minimum absolute atomic E-state index is 0.111. The van der Waals surface area contributed by atoms with E-state index in [1.807, 2.05) is 6.92 Å². The van der Waals surface area contributed by atoms with Gasteiger partial charge in [0, 0.05) is 18.8 Å². The van der Waals surface area contributed by atoms with Crippen molar-refractivity contribution in [3.63, 3.8) is 0 Å². The summed E-state index contributed by atoms with van der Waals surface area (Å²) in [6.07, 6.45) is 5.34. The molecule has 5 heteroatoms. The molecule has 1 aliphatic rings. The van der Waals surface area contributed by atoms with E-state index >= 15 is 0 Å². The average Bonchev–Trinajstić information content (AvgIpc) is 2.49. The highest BCUT2D eigenvalue weighted by Crippen LogP contribution is 2.31. The summed E-state index contributed by atoms with van der Waals surface area (Å²) in [4.78, 5) is 0.297. The molecule has 0 spiro atoms. The van der Waals surface area contributed by atoms with Gasteiger partial charge in [-0.1, -0.05) is 19.4 Å². The van der Waals surface area contributed by atoms with Gasteiger partial charge in [-0.25, -0.2) is 8.42 Å². The zero-order valence-electron chi connectivity index (χ0n) is 13.2. The highest BCUT2D eigenvalue weighted by molar-refractivity contribution is 7.89. The first-order chi connectivity index (χ1) is 9.86. The highest BCUT2D eigenvalue weighted by atomic mass is 32.2. The fourth-order valence-electron chi connectivity index (χ4n) is 3.06. The van der Waals surface area contributed by atoms with Crippen LogP contribution in [0.2, 0.25) is 0 Å². The topological polar surface area (TPSA) is 63.4 Å². The van der Waals surface area contributed by atoms with Crippen molar-refractivity contribution in [1.82, 2.24) is 4.31 Å². The van der Waals surface area contributed by atoms with Gasteiger partial charge in [-0.3, -0.25) is 0 Å². The fraction of sp³-hybridized carbons (Fsp3) is 0.625. The number of aryl methyl sites for hydroxylation is 1. The summed E-state index contributed by atoms with van der Waals surface area (Å²) in [6.45, 7) is 4.09. The first kappa shape index (κ1) is 16.3. The number of benzene rings is 1. The molecule has 0 aliphatic heterocycles. The van der Waals surface area contributed by atoms with Gasteiger partial charge in [0.05, 0.1) is 4.90 Å². The minimum atomic E-state index is -3.45. The zero-order chi connectivity index (χ0) is 15.6. The van der Waals surface area contributed by atoms with Crippen molar-refractivity contribution in [3.8, 4) is 0 Å². The molecule has 0 unspecified atom stereocenters. The van der Waals surface area contributed by atoms with Crippen LogP contribution < -0.4 is 5.73 Å². The monoisotopic (exact) mass is 310 g/mol. The third kappa shape index (κ3) is 3.40. The second-order valence-corrected chi connectivity index (χ2v) is 8.12. The van der Waals surface area contributed by atoms with E-state index in [1.165, 1.54) is 6.42 Å². The number of nitrogens with two attached hydrogens (primary N) is 1. The molecule has 21 heavy (non-hydrogen) atoms.